The molecule has 5 heteroatoms. The van der Waals surface area contributed by atoms with Crippen LogP contribution in [0.4, 0.5) is 10.5 Å². The van der Waals surface area contributed by atoms with Gasteiger partial charge in [0.05, 0.1) is 6.04 Å². The predicted molar refractivity (Wildman–Crippen MR) is 113 cm³/mol. The molecule has 1 fully saturated rings. The fraction of sp³-hybridized carbons (Fsp3) is 0.348. The lowest BCUT2D eigenvalue weighted by Gasteiger charge is -2.37. The lowest BCUT2D eigenvalue weighted by molar-refractivity contribution is 0.190. The number of hydrogen-bond donors (Lipinski definition) is 2. The SMILES string of the molecule is NC(=O)N1CCc2cc(N3CCCCC3)ccc2C1c1c[nH]c2ccccc12. The molecule has 3 heterocycles. The number of anilines is 1. The predicted octanol–water partition coefficient (Wildman–Crippen LogP) is 4.18. The molecule has 5 rings (SSSR count). The monoisotopic (exact) mass is 374 g/mol. The van der Waals surface area contributed by atoms with E-state index in [4.69, 9.17) is 5.73 Å². The molecule has 0 aliphatic carbocycles. The second kappa shape index (κ2) is 6.89. The van der Waals surface area contributed by atoms with Gasteiger partial charge >= 0.3 is 6.03 Å². The smallest absolute Gasteiger partial charge is 0.315 e. The maximum Gasteiger partial charge on any atom is 0.315 e. The Labute approximate surface area is 165 Å². The molecule has 28 heavy (non-hydrogen) atoms. The number of carbonyl (C=O) groups excluding carboxylic acids is 1. The minimum Gasteiger partial charge on any atom is -0.372 e. The topological polar surface area (TPSA) is 65.4 Å². The van der Waals surface area contributed by atoms with Crippen LogP contribution in [-0.2, 0) is 6.42 Å². The van der Waals surface area contributed by atoms with Gasteiger partial charge in [-0.2, -0.15) is 0 Å². The average Bonchev–Trinajstić information content (AvgIpc) is 3.17. The van der Waals surface area contributed by atoms with Gasteiger partial charge in [-0.3, -0.25) is 0 Å². The van der Waals surface area contributed by atoms with Crippen LogP contribution in [0.15, 0.2) is 48.7 Å². The summed E-state index contributed by atoms with van der Waals surface area (Å²) in [5.41, 5.74) is 11.8. The number of primary amides is 1. The van der Waals surface area contributed by atoms with Crippen molar-refractivity contribution < 1.29 is 4.79 Å². The number of H-pyrrole nitrogens is 1. The van der Waals surface area contributed by atoms with Crippen molar-refractivity contribution in [2.45, 2.75) is 31.7 Å². The molecule has 3 N–H and O–H groups in total. The maximum atomic E-state index is 12.2. The van der Waals surface area contributed by atoms with E-state index in [0.29, 0.717) is 6.54 Å². The van der Waals surface area contributed by atoms with Crippen LogP contribution >= 0.6 is 0 Å². The number of fused-ring (bicyclic) bond motifs is 2. The highest BCUT2D eigenvalue weighted by Gasteiger charge is 2.33. The van der Waals surface area contributed by atoms with Crippen molar-refractivity contribution in [2.24, 2.45) is 5.73 Å². The molecule has 1 atom stereocenters. The largest absolute Gasteiger partial charge is 0.372 e. The number of para-hydroxylation sites is 1. The second-order valence-corrected chi connectivity index (χ2v) is 7.90. The van der Waals surface area contributed by atoms with Crippen molar-refractivity contribution in [3.05, 3.63) is 65.4 Å². The van der Waals surface area contributed by atoms with Crippen molar-refractivity contribution in [1.29, 1.82) is 0 Å². The molecule has 0 spiro atoms. The van der Waals surface area contributed by atoms with Crippen LogP contribution in [0.5, 0.6) is 0 Å². The normalized spacial score (nSPS) is 19.6. The molecule has 1 unspecified atom stereocenters. The van der Waals surface area contributed by atoms with Crippen LogP contribution in [0, 0.1) is 0 Å². The number of nitrogens with two attached hydrogens (primary N) is 1. The first-order valence-corrected chi connectivity index (χ1v) is 10.2. The number of rotatable bonds is 2. The van der Waals surface area contributed by atoms with Gasteiger partial charge in [0.2, 0.25) is 0 Å². The van der Waals surface area contributed by atoms with Gasteiger partial charge in [0, 0.05) is 48.0 Å². The standard InChI is InChI=1S/C23H26N4O/c24-23(28)27-13-10-16-14-17(26-11-4-1-5-12-26)8-9-18(16)22(27)20-15-25-21-7-3-2-6-19(20)21/h2-3,6-9,14-15,22,25H,1,4-5,10-13H2,(H2,24,28). The zero-order valence-electron chi connectivity index (χ0n) is 16.0. The molecule has 1 saturated heterocycles. The van der Waals surface area contributed by atoms with E-state index < -0.39 is 0 Å². The van der Waals surface area contributed by atoms with E-state index in [0.717, 1.165) is 36.0 Å². The van der Waals surface area contributed by atoms with Crippen molar-refractivity contribution >= 4 is 22.6 Å². The summed E-state index contributed by atoms with van der Waals surface area (Å²) in [7, 11) is 0. The van der Waals surface area contributed by atoms with Crippen LogP contribution in [-0.4, -0.2) is 35.5 Å². The summed E-state index contributed by atoms with van der Waals surface area (Å²) in [6.45, 7) is 2.92. The van der Waals surface area contributed by atoms with Gasteiger partial charge in [0.1, 0.15) is 0 Å². The molecule has 5 nitrogen and oxygen atoms in total. The van der Waals surface area contributed by atoms with E-state index in [9.17, 15) is 4.79 Å². The highest BCUT2D eigenvalue weighted by Crippen LogP contribution is 2.39. The molecule has 2 aliphatic rings. The zero-order chi connectivity index (χ0) is 19.1. The molecule has 0 bridgehead atoms. The molecule has 0 radical (unpaired) electrons. The average molecular weight is 374 g/mol. The van der Waals surface area contributed by atoms with E-state index in [-0.39, 0.29) is 12.1 Å². The van der Waals surface area contributed by atoms with Crippen LogP contribution in [0.25, 0.3) is 10.9 Å². The van der Waals surface area contributed by atoms with Gasteiger partial charge in [-0.25, -0.2) is 4.79 Å². The Morgan fingerprint density at radius 2 is 1.82 bits per heavy atom. The number of nitrogens with zero attached hydrogens (tertiary/aromatic N) is 2. The van der Waals surface area contributed by atoms with E-state index in [1.807, 2.05) is 18.3 Å². The number of benzene rings is 2. The van der Waals surface area contributed by atoms with Gasteiger partial charge < -0.3 is 20.5 Å². The fourth-order valence-corrected chi connectivity index (χ4v) is 4.86. The summed E-state index contributed by atoms with van der Waals surface area (Å²) < 4.78 is 0. The lowest BCUT2D eigenvalue weighted by Crippen LogP contribution is -2.43. The highest BCUT2D eigenvalue weighted by molar-refractivity contribution is 5.85. The van der Waals surface area contributed by atoms with Gasteiger partial charge in [-0.1, -0.05) is 24.3 Å². The number of carbonyl (C=O) groups is 1. The number of nitrogens with one attached hydrogen (secondary N) is 1. The first-order valence-electron chi connectivity index (χ1n) is 10.2. The van der Waals surface area contributed by atoms with Gasteiger partial charge in [0.25, 0.3) is 0 Å². The number of urea groups is 1. The molecule has 0 saturated carbocycles. The van der Waals surface area contributed by atoms with Gasteiger partial charge in [-0.15, -0.1) is 0 Å². The number of amides is 2. The van der Waals surface area contributed by atoms with Gasteiger partial charge in [0.15, 0.2) is 0 Å². The van der Waals surface area contributed by atoms with Crippen LogP contribution in [0.2, 0.25) is 0 Å². The van der Waals surface area contributed by atoms with Crippen molar-refractivity contribution in [2.75, 3.05) is 24.5 Å². The van der Waals surface area contributed by atoms with E-state index >= 15 is 0 Å². The molecular formula is C23H26N4O. The number of hydrogen-bond acceptors (Lipinski definition) is 2. The Kier molecular flexibility index (Phi) is 4.23. The lowest BCUT2D eigenvalue weighted by atomic mass is 9.87. The Morgan fingerprint density at radius 3 is 2.64 bits per heavy atom. The van der Waals surface area contributed by atoms with E-state index in [2.05, 4.69) is 40.2 Å². The summed E-state index contributed by atoms with van der Waals surface area (Å²) in [6, 6.07) is 14.5. The zero-order valence-corrected chi connectivity index (χ0v) is 16.0. The molecule has 2 amide bonds. The van der Waals surface area contributed by atoms with Crippen LogP contribution < -0.4 is 10.6 Å². The first kappa shape index (κ1) is 17.2. The highest BCUT2D eigenvalue weighted by atomic mass is 16.2. The maximum absolute atomic E-state index is 12.2. The molecular weight excluding hydrogens is 348 g/mol. The minimum atomic E-state index is -0.360. The third-order valence-corrected chi connectivity index (χ3v) is 6.27. The van der Waals surface area contributed by atoms with E-state index in [1.165, 1.54) is 36.1 Å². The van der Waals surface area contributed by atoms with Gasteiger partial charge in [-0.05, 0) is 55.0 Å². The Hall–Kier alpha value is -2.95. The number of piperidine rings is 1. The quantitative estimate of drug-likeness (QED) is 0.706. The molecule has 3 aromatic rings. The molecule has 144 valence electrons. The molecule has 1 aromatic heterocycles. The van der Waals surface area contributed by atoms with Crippen LogP contribution in [0.1, 0.15) is 42.0 Å². The van der Waals surface area contributed by atoms with Crippen LogP contribution in [0.3, 0.4) is 0 Å². The second-order valence-electron chi connectivity index (χ2n) is 7.90. The summed E-state index contributed by atoms with van der Waals surface area (Å²) >= 11 is 0. The first-order chi connectivity index (χ1) is 13.7. The summed E-state index contributed by atoms with van der Waals surface area (Å²) in [5.74, 6) is 0. The summed E-state index contributed by atoms with van der Waals surface area (Å²) in [6.07, 6.45) is 6.74. The van der Waals surface area contributed by atoms with Crippen molar-refractivity contribution in [3.8, 4) is 0 Å². The van der Waals surface area contributed by atoms with E-state index in [1.54, 1.807) is 4.90 Å². The third kappa shape index (κ3) is 2.82. The molecule has 2 aromatic carbocycles. The van der Waals surface area contributed by atoms with Crippen molar-refractivity contribution in [3.63, 3.8) is 0 Å². The minimum absolute atomic E-state index is 0.146. The van der Waals surface area contributed by atoms with Crippen molar-refractivity contribution in [1.82, 2.24) is 9.88 Å². The summed E-state index contributed by atoms with van der Waals surface area (Å²) in [5, 5.41) is 1.15. The third-order valence-electron chi connectivity index (χ3n) is 6.27. The number of aromatic amines is 1. The fourth-order valence-electron chi connectivity index (χ4n) is 4.86. The Balaban J connectivity index is 1.60. The molecule has 2 aliphatic heterocycles. The number of aromatic nitrogens is 1. The Morgan fingerprint density at radius 1 is 1.00 bits per heavy atom. The Bertz CT molecular complexity index is 1020. The summed E-state index contributed by atoms with van der Waals surface area (Å²) in [4.78, 5) is 19.9.